The fourth-order valence-electron chi connectivity index (χ4n) is 4.36. The molecule has 0 saturated heterocycles. The Morgan fingerprint density at radius 3 is 2.44 bits per heavy atom. The van der Waals surface area contributed by atoms with Gasteiger partial charge < -0.3 is 24.7 Å². The predicted molar refractivity (Wildman–Crippen MR) is 157 cm³/mol. The van der Waals surface area contributed by atoms with E-state index in [0.29, 0.717) is 48.9 Å². The number of rotatable bonds is 12. The van der Waals surface area contributed by atoms with Crippen molar-refractivity contribution >= 4 is 34.5 Å². The highest BCUT2D eigenvalue weighted by atomic mass is 32.2. The average Bonchev–Trinajstić information content (AvgIpc) is 3.30. The molecule has 204 valence electrons. The molecule has 39 heavy (non-hydrogen) atoms. The third-order valence-electron chi connectivity index (χ3n) is 6.70. The highest BCUT2D eigenvalue weighted by Crippen LogP contribution is 2.30. The zero-order valence-electron chi connectivity index (χ0n) is 22.9. The number of thioether (sulfide) groups is 1. The van der Waals surface area contributed by atoms with E-state index in [2.05, 4.69) is 33.5 Å². The number of nitrogens with zero attached hydrogens (tertiary/aromatic N) is 1. The molecule has 0 spiro atoms. The lowest BCUT2D eigenvalue weighted by molar-refractivity contribution is -0.118. The fraction of sp³-hybridized carbons (Fsp3) is 0.290. The summed E-state index contributed by atoms with van der Waals surface area (Å²) >= 11 is 1.52. The van der Waals surface area contributed by atoms with Crippen LogP contribution in [0.25, 0.3) is 10.9 Å². The number of benzene rings is 3. The Balaban J connectivity index is 1.29. The van der Waals surface area contributed by atoms with E-state index < -0.39 is 0 Å². The molecule has 0 aliphatic rings. The predicted octanol–water partition coefficient (Wildman–Crippen LogP) is 5.16. The van der Waals surface area contributed by atoms with Gasteiger partial charge in [-0.1, -0.05) is 30.3 Å². The Labute approximate surface area is 233 Å². The molecule has 0 bridgehead atoms. The van der Waals surface area contributed by atoms with Crippen LogP contribution >= 0.6 is 11.8 Å². The van der Waals surface area contributed by atoms with E-state index >= 15 is 0 Å². The lowest BCUT2D eigenvalue weighted by Crippen LogP contribution is -2.27. The topological polar surface area (TPSA) is 81.6 Å². The molecule has 0 radical (unpaired) electrons. The Kier molecular flexibility index (Phi) is 9.54. The monoisotopic (exact) mass is 545 g/mol. The highest BCUT2D eigenvalue weighted by molar-refractivity contribution is 8.00. The number of aromatic nitrogens is 1. The van der Waals surface area contributed by atoms with Crippen LogP contribution in [0, 0.1) is 13.8 Å². The first-order valence-corrected chi connectivity index (χ1v) is 13.9. The zero-order chi connectivity index (χ0) is 27.8. The van der Waals surface area contributed by atoms with E-state index in [-0.39, 0.29) is 11.8 Å². The summed E-state index contributed by atoms with van der Waals surface area (Å²) in [5, 5.41) is 7.13. The molecule has 0 fully saturated rings. The molecule has 0 unspecified atom stereocenters. The number of hydrogen-bond donors (Lipinski definition) is 2. The van der Waals surface area contributed by atoms with Crippen molar-refractivity contribution in [2.45, 2.75) is 31.7 Å². The number of para-hydroxylation sites is 1. The lowest BCUT2D eigenvalue weighted by atomic mass is 10.1. The molecular weight excluding hydrogens is 510 g/mol. The first kappa shape index (κ1) is 28.1. The summed E-state index contributed by atoms with van der Waals surface area (Å²) in [6.07, 6.45) is 2.76. The number of carbonyl (C=O) groups excluding carboxylic acids is 2. The minimum atomic E-state index is -0.0751. The van der Waals surface area contributed by atoms with Crippen molar-refractivity contribution in [3.63, 3.8) is 0 Å². The second-order valence-corrected chi connectivity index (χ2v) is 10.4. The molecule has 7 nitrogen and oxygen atoms in total. The Hall–Kier alpha value is -3.91. The molecule has 0 aliphatic carbocycles. The summed E-state index contributed by atoms with van der Waals surface area (Å²) in [6.45, 7) is 5.72. The number of aryl methyl sites for hydroxylation is 2. The molecule has 2 N–H and O–H groups in total. The number of amides is 2. The van der Waals surface area contributed by atoms with Crippen LogP contribution in [0.3, 0.4) is 0 Å². The smallest absolute Gasteiger partial charge is 0.251 e. The maximum absolute atomic E-state index is 12.6. The van der Waals surface area contributed by atoms with Crippen molar-refractivity contribution in [3.8, 4) is 11.5 Å². The SMILES string of the molecule is COc1ccc(CCNC(=O)CSc2cn(CCNC(=O)c3ccc(C)c(C)c3)c3ccccc23)cc1OC. The quantitative estimate of drug-likeness (QED) is 0.241. The van der Waals surface area contributed by atoms with Crippen LogP contribution in [-0.4, -0.2) is 49.4 Å². The number of fused-ring (bicyclic) bond motifs is 1. The second kappa shape index (κ2) is 13.2. The fourth-order valence-corrected chi connectivity index (χ4v) is 5.28. The van der Waals surface area contributed by atoms with Gasteiger partial charge in [0.1, 0.15) is 0 Å². The minimum absolute atomic E-state index is 0.0158. The Morgan fingerprint density at radius 2 is 1.67 bits per heavy atom. The van der Waals surface area contributed by atoms with Crippen molar-refractivity contribution in [2.24, 2.45) is 0 Å². The van der Waals surface area contributed by atoms with Crippen molar-refractivity contribution in [1.82, 2.24) is 15.2 Å². The van der Waals surface area contributed by atoms with Gasteiger partial charge in [0.2, 0.25) is 5.91 Å². The maximum atomic E-state index is 12.6. The number of carbonyl (C=O) groups is 2. The van der Waals surface area contributed by atoms with Crippen LogP contribution in [0.1, 0.15) is 27.0 Å². The molecule has 0 aliphatic heterocycles. The van der Waals surface area contributed by atoms with Gasteiger partial charge in [-0.25, -0.2) is 0 Å². The minimum Gasteiger partial charge on any atom is -0.493 e. The van der Waals surface area contributed by atoms with E-state index in [1.165, 1.54) is 17.3 Å². The molecule has 0 saturated carbocycles. The summed E-state index contributed by atoms with van der Waals surface area (Å²) in [5.41, 5.74) is 5.08. The van der Waals surface area contributed by atoms with Gasteiger partial charge in [0.15, 0.2) is 11.5 Å². The van der Waals surface area contributed by atoms with Gasteiger partial charge in [0, 0.05) is 47.2 Å². The molecule has 1 aromatic heterocycles. The molecule has 1 heterocycles. The first-order valence-electron chi connectivity index (χ1n) is 12.9. The van der Waals surface area contributed by atoms with E-state index in [4.69, 9.17) is 9.47 Å². The number of nitrogens with one attached hydrogen (secondary N) is 2. The number of ether oxygens (including phenoxy) is 2. The van der Waals surface area contributed by atoms with Crippen LogP contribution in [0.4, 0.5) is 0 Å². The lowest BCUT2D eigenvalue weighted by Gasteiger charge is -2.10. The van der Waals surface area contributed by atoms with Crippen LogP contribution < -0.4 is 20.1 Å². The molecule has 8 heteroatoms. The second-order valence-electron chi connectivity index (χ2n) is 9.34. The molecule has 4 aromatic rings. The van der Waals surface area contributed by atoms with Gasteiger partial charge in [-0.3, -0.25) is 9.59 Å². The van der Waals surface area contributed by atoms with Gasteiger partial charge in [-0.2, -0.15) is 0 Å². The van der Waals surface area contributed by atoms with Gasteiger partial charge in [0.05, 0.1) is 20.0 Å². The summed E-state index contributed by atoms with van der Waals surface area (Å²) in [6, 6.07) is 19.7. The van der Waals surface area contributed by atoms with Crippen molar-refractivity contribution < 1.29 is 19.1 Å². The molecule has 2 amide bonds. The van der Waals surface area contributed by atoms with Crippen LogP contribution in [0.2, 0.25) is 0 Å². The average molecular weight is 546 g/mol. The van der Waals surface area contributed by atoms with Crippen LogP contribution in [0.5, 0.6) is 11.5 Å². The summed E-state index contributed by atoms with van der Waals surface area (Å²) in [4.78, 5) is 26.2. The number of hydrogen-bond acceptors (Lipinski definition) is 5. The summed E-state index contributed by atoms with van der Waals surface area (Å²) in [7, 11) is 3.22. The Morgan fingerprint density at radius 1 is 0.872 bits per heavy atom. The van der Waals surface area contributed by atoms with Crippen molar-refractivity contribution in [2.75, 3.05) is 33.1 Å². The molecular formula is C31H35N3O4S. The van der Waals surface area contributed by atoms with Crippen molar-refractivity contribution in [1.29, 1.82) is 0 Å². The van der Waals surface area contributed by atoms with E-state index in [9.17, 15) is 9.59 Å². The van der Waals surface area contributed by atoms with Gasteiger partial charge in [0.25, 0.3) is 5.91 Å². The highest BCUT2D eigenvalue weighted by Gasteiger charge is 2.12. The maximum Gasteiger partial charge on any atom is 0.251 e. The summed E-state index contributed by atoms with van der Waals surface area (Å²) in [5.74, 6) is 1.60. The van der Waals surface area contributed by atoms with Crippen molar-refractivity contribution in [3.05, 3.63) is 89.1 Å². The Bertz CT molecular complexity index is 1460. The normalized spacial score (nSPS) is 10.9. The van der Waals surface area contributed by atoms with Gasteiger partial charge >= 0.3 is 0 Å². The summed E-state index contributed by atoms with van der Waals surface area (Å²) < 4.78 is 12.8. The molecule has 0 atom stereocenters. The van der Waals surface area contributed by atoms with Crippen LogP contribution in [-0.2, 0) is 17.8 Å². The van der Waals surface area contributed by atoms with Gasteiger partial charge in [-0.05, 0) is 67.3 Å². The van der Waals surface area contributed by atoms with E-state index in [1.807, 2.05) is 62.4 Å². The standard InChI is InChI=1S/C31H35N3O4S/c1-21-9-11-24(17-22(21)2)31(36)33-15-16-34-19-29(25-7-5-6-8-26(25)34)39-20-30(35)32-14-13-23-10-12-27(37-3)28(18-23)38-4/h5-12,17-19H,13-16,20H2,1-4H3,(H,32,35)(H,33,36). The third-order valence-corrected chi connectivity index (χ3v) is 7.74. The zero-order valence-corrected chi connectivity index (χ0v) is 23.7. The van der Waals surface area contributed by atoms with E-state index in [0.717, 1.165) is 26.9 Å². The first-order chi connectivity index (χ1) is 18.9. The molecule has 4 rings (SSSR count). The van der Waals surface area contributed by atoms with Gasteiger partial charge in [-0.15, -0.1) is 11.8 Å². The third kappa shape index (κ3) is 7.15. The largest absolute Gasteiger partial charge is 0.493 e. The molecule has 3 aromatic carbocycles. The van der Waals surface area contributed by atoms with E-state index in [1.54, 1.807) is 14.2 Å². The number of methoxy groups -OCH3 is 2. The van der Waals surface area contributed by atoms with Crippen LogP contribution in [0.15, 0.2) is 71.8 Å².